The maximum atomic E-state index is 12.5. The summed E-state index contributed by atoms with van der Waals surface area (Å²) < 4.78 is 10.8. The minimum atomic E-state index is -1.06. The van der Waals surface area contributed by atoms with E-state index in [-0.39, 0.29) is 70.8 Å². The molecule has 0 saturated carbocycles. The van der Waals surface area contributed by atoms with Crippen LogP contribution in [-0.4, -0.2) is 158 Å². The van der Waals surface area contributed by atoms with Gasteiger partial charge in [0.15, 0.2) is 0 Å². The largest absolute Gasteiger partial charge is 0.480 e. The molecule has 0 radical (unpaired) electrons. The molecule has 2 amide bonds. The van der Waals surface area contributed by atoms with E-state index < -0.39 is 23.9 Å². The molecular formula is C28H44N6O10. The van der Waals surface area contributed by atoms with Crippen molar-refractivity contribution in [1.29, 1.82) is 0 Å². The second kappa shape index (κ2) is 20.3. The van der Waals surface area contributed by atoms with Crippen LogP contribution in [0.3, 0.4) is 0 Å². The maximum absolute atomic E-state index is 12.5. The average Bonchev–Trinajstić information content (AvgIpc) is 3.04. The fourth-order valence-electron chi connectivity index (χ4n) is 4.33. The van der Waals surface area contributed by atoms with Gasteiger partial charge in [-0.1, -0.05) is 24.3 Å². The molecular weight excluding hydrogens is 580 g/mol. The number of amides is 2. The minimum Gasteiger partial charge on any atom is -0.480 e. The van der Waals surface area contributed by atoms with Crippen LogP contribution in [0, 0.1) is 0 Å². The van der Waals surface area contributed by atoms with Crippen LogP contribution in [0.5, 0.6) is 0 Å². The van der Waals surface area contributed by atoms with Crippen molar-refractivity contribution in [3.63, 3.8) is 0 Å². The Morgan fingerprint density at radius 3 is 1.73 bits per heavy atom. The summed E-state index contributed by atoms with van der Waals surface area (Å²) in [4.78, 5) is 63.0. The number of nitrogens with two attached hydrogens (primary N) is 1. The number of hydrogen-bond donors (Lipinski definition) is 6. The summed E-state index contributed by atoms with van der Waals surface area (Å²) in [5.74, 6) is -3.52. The van der Waals surface area contributed by atoms with Gasteiger partial charge in [0, 0.05) is 52.4 Å². The lowest BCUT2D eigenvalue weighted by molar-refractivity contribution is -0.140. The Labute approximate surface area is 256 Å². The number of carbonyl (C=O) groups excluding carboxylic acids is 2. The monoisotopic (exact) mass is 624 g/mol. The first kappa shape index (κ1) is 36.5. The highest BCUT2D eigenvalue weighted by atomic mass is 16.5. The normalized spacial score (nSPS) is 15.8. The molecule has 1 aromatic rings. The van der Waals surface area contributed by atoms with Crippen LogP contribution in [-0.2, 0) is 46.4 Å². The molecule has 246 valence electrons. The predicted molar refractivity (Wildman–Crippen MR) is 157 cm³/mol. The summed E-state index contributed by atoms with van der Waals surface area (Å²) in [5.41, 5.74) is 7.17. The second-order valence-corrected chi connectivity index (χ2v) is 10.4. The summed E-state index contributed by atoms with van der Waals surface area (Å²) in [7, 11) is 0. The van der Waals surface area contributed by atoms with Gasteiger partial charge in [0.1, 0.15) is 12.6 Å². The Bertz CT molecular complexity index is 1050. The number of carboxylic acids is 3. The van der Waals surface area contributed by atoms with Crippen molar-refractivity contribution in [2.45, 2.75) is 19.0 Å². The average molecular weight is 625 g/mol. The van der Waals surface area contributed by atoms with Crippen LogP contribution in [0.4, 0.5) is 0 Å². The zero-order chi connectivity index (χ0) is 32.3. The fourth-order valence-corrected chi connectivity index (χ4v) is 4.33. The lowest BCUT2D eigenvalue weighted by Crippen LogP contribution is -2.43. The minimum absolute atomic E-state index is 0.0864. The van der Waals surface area contributed by atoms with Crippen molar-refractivity contribution in [3.05, 3.63) is 35.4 Å². The molecule has 2 rings (SSSR count). The molecule has 1 aromatic carbocycles. The van der Waals surface area contributed by atoms with Crippen LogP contribution >= 0.6 is 0 Å². The molecule has 1 atom stereocenters. The van der Waals surface area contributed by atoms with Gasteiger partial charge in [-0.2, -0.15) is 0 Å². The van der Waals surface area contributed by atoms with Gasteiger partial charge in [-0.05, 0) is 17.5 Å². The number of hydrogen-bond acceptors (Lipinski definition) is 11. The summed E-state index contributed by atoms with van der Waals surface area (Å²) in [6.07, 6.45) is 0.218. The van der Waals surface area contributed by atoms with Crippen LogP contribution in [0.2, 0.25) is 0 Å². The molecule has 1 aliphatic heterocycles. The lowest BCUT2D eigenvalue weighted by atomic mass is 10.0. The molecule has 7 N–H and O–H groups in total. The zero-order valence-electron chi connectivity index (χ0n) is 24.8. The second-order valence-electron chi connectivity index (χ2n) is 10.4. The summed E-state index contributed by atoms with van der Waals surface area (Å²) >= 11 is 0. The van der Waals surface area contributed by atoms with Crippen molar-refractivity contribution >= 4 is 29.7 Å². The molecule has 16 nitrogen and oxygen atoms in total. The van der Waals surface area contributed by atoms with Gasteiger partial charge in [-0.15, -0.1) is 0 Å². The summed E-state index contributed by atoms with van der Waals surface area (Å²) in [5, 5.41) is 32.7. The first-order chi connectivity index (χ1) is 21.0. The van der Waals surface area contributed by atoms with Crippen LogP contribution in [0.15, 0.2) is 24.3 Å². The molecule has 0 bridgehead atoms. The third-order valence-electron chi connectivity index (χ3n) is 6.74. The number of benzene rings is 1. The smallest absolute Gasteiger partial charge is 0.320 e. The molecule has 0 aliphatic carbocycles. The van der Waals surface area contributed by atoms with Gasteiger partial charge >= 0.3 is 17.9 Å². The van der Waals surface area contributed by atoms with Crippen molar-refractivity contribution in [3.8, 4) is 0 Å². The molecule has 0 unspecified atom stereocenters. The third-order valence-corrected chi connectivity index (χ3v) is 6.74. The van der Waals surface area contributed by atoms with Crippen molar-refractivity contribution in [2.75, 3.05) is 91.9 Å². The highest BCUT2D eigenvalue weighted by molar-refractivity contribution is 5.78. The lowest BCUT2D eigenvalue weighted by Gasteiger charge is -2.24. The van der Waals surface area contributed by atoms with E-state index in [0.717, 1.165) is 11.1 Å². The van der Waals surface area contributed by atoms with Crippen molar-refractivity contribution < 1.29 is 48.8 Å². The molecule has 1 fully saturated rings. The van der Waals surface area contributed by atoms with Gasteiger partial charge < -0.3 is 41.2 Å². The number of aliphatic carboxylic acids is 3. The highest BCUT2D eigenvalue weighted by Gasteiger charge is 2.20. The van der Waals surface area contributed by atoms with E-state index in [0.29, 0.717) is 45.8 Å². The van der Waals surface area contributed by atoms with E-state index in [1.165, 1.54) is 0 Å². The van der Waals surface area contributed by atoms with E-state index in [4.69, 9.17) is 30.5 Å². The Morgan fingerprint density at radius 2 is 1.20 bits per heavy atom. The zero-order valence-corrected chi connectivity index (χ0v) is 24.8. The summed E-state index contributed by atoms with van der Waals surface area (Å²) in [6, 6.07) is 6.16. The highest BCUT2D eigenvalue weighted by Crippen LogP contribution is 2.07. The first-order valence-corrected chi connectivity index (χ1v) is 14.4. The van der Waals surface area contributed by atoms with Crippen LogP contribution in [0.25, 0.3) is 0 Å². The fraction of sp³-hybridized carbons (Fsp3) is 0.607. The number of nitrogens with zero attached hydrogens (tertiary/aromatic N) is 3. The standard InChI is InChI=1S/C28H44N6O10/c29-23(28(41)42)15-21-1-3-22(4-2-21)16-31-25(36)20-44-14-13-43-12-5-30-24(35)17-32-6-8-33(18-26(37)38)10-11-34(9-7-32)19-27(39)40/h1-4,23H,5-20,29H2,(H,30,35)(H,31,36)(H,37,38)(H,39,40)(H,41,42)/t23-/m0/s1. The number of ether oxygens (including phenoxy) is 2. The quantitative estimate of drug-likeness (QED) is 0.0876. The Morgan fingerprint density at radius 1 is 0.705 bits per heavy atom. The number of rotatable bonds is 19. The van der Waals surface area contributed by atoms with Crippen LogP contribution in [0.1, 0.15) is 11.1 Å². The number of nitrogens with one attached hydrogen (secondary N) is 2. The Kier molecular flexibility index (Phi) is 16.9. The van der Waals surface area contributed by atoms with E-state index in [9.17, 15) is 24.0 Å². The van der Waals surface area contributed by atoms with E-state index in [2.05, 4.69) is 10.6 Å². The van der Waals surface area contributed by atoms with Gasteiger partial charge in [0.25, 0.3) is 0 Å². The van der Waals surface area contributed by atoms with E-state index >= 15 is 0 Å². The van der Waals surface area contributed by atoms with Gasteiger partial charge in [0.2, 0.25) is 11.8 Å². The first-order valence-electron chi connectivity index (χ1n) is 14.4. The van der Waals surface area contributed by atoms with Gasteiger partial charge in [-0.3, -0.25) is 38.7 Å². The summed E-state index contributed by atoms with van der Waals surface area (Å²) in [6.45, 7) is 3.54. The SMILES string of the molecule is N[C@@H](Cc1ccc(CNC(=O)COCCOCCNC(=O)CN2CCN(CC(=O)O)CCN(CC(=O)O)CC2)cc1)C(=O)O. The molecule has 1 heterocycles. The van der Waals surface area contributed by atoms with E-state index in [1.54, 1.807) is 34.1 Å². The van der Waals surface area contributed by atoms with Crippen LogP contribution < -0.4 is 16.4 Å². The van der Waals surface area contributed by atoms with E-state index in [1.807, 2.05) is 4.90 Å². The predicted octanol–water partition coefficient (Wildman–Crippen LogP) is -2.50. The third kappa shape index (κ3) is 16.3. The number of carbonyl (C=O) groups is 5. The Hall–Kier alpha value is -3.67. The maximum Gasteiger partial charge on any atom is 0.320 e. The molecule has 0 aromatic heterocycles. The molecule has 1 aliphatic rings. The molecule has 16 heteroatoms. The topological polar surface area (TPSA) is 224 Å². The Balaban J connectivity index is 1.57. The van der Waals surface area contributed by atoms with Crippen molar-refractivity contribution in [2.24, 2.45) is 5.73 Å². The van der Waals surface area contributed by atoms with Crippen molar-refractivity contribution in [1.82, 2.24) is 25.3 Å². The molecule has 44 heavy (non-hydrogen) atoms. The van der Waals surface area contributed by atoms with Gasteiger partial charge in [0.05, 0.1) is 39.5 Å². The molecule has 1 saturated heterocycles. The molecule has 0 spiro atoms. The van der Waals surface area contributed by atoms with Gasteiger partial charge in [-0.25, -0.2) is 0 Å². The number of carboxylic acid groups (broad SMARTS) is 3.